The van der Waals surface area contributed by atoms with Crippen LogP contribution in [-0.4, -0.2) is 51.0 Å². The van der Waals surface area contributed by atoms with E-state index in [-0.39, 0.29) is 47.3 Å². The first-order valence-corrected chi connectivity index (χ1v) is 13.1. The van der Waals surface area contributed by atoms with Crippen LogP contribution < -0.4 is 10.7 Å². The minimum atomic E-state index is -0.701. The Hall–Kier alpha value is -3.17. The van der Waals surface area contributed by atoms with E-state index in [0.717, 1.165) is 5.56 Å². The Kier molecular flexibility index (Phi) is 7.09. The zero-order chi connectivity index (χ0) is 26.3. The van der Waals surface area contributed by atoms with E-state index in [0.29, 0.717) is 31.4 Å². The van der Waals surface area contributed by atoms with Crippen LogP contribution >= 0.6 is 11.6 Å². The number of benzene rings is 2. The van der Waals surface area contributed by atoms with Crippen LogP contribution in [0.5, 0.6) is 0 Å². The van der Waals surface area contributed by atoms with Crippen LogP contribution in [0.1, 0.15) is 44.2 Å². The van der Waals surface area contributed by atoms with Crippen LogP contribution in [0.15, 0.2) is 48.5 Å². The summed E-state index contributed by atoms with van der Waals surface area (Å²) in [7, 11) is 0. The molecule has 4 amide bonds. The highest BCUT2D eigenvalue weighted by Gasteiger charge is 2.56. The summed E-state index contributed by atoms with van der Waals surface area (Å²) in [5.74, 6) is -1.19. The van der Waals surface area contributed by atoms with Crippen LogP contribution in [0.25, 0.3) is 0 Å². The first kappa shape index (κ1) is 25.5. The standard InChI is InChI=1S/C27H31ClFN5O3/c1-16(2)30-24(35)18-9-11-21-23(12-18)34-26(32(25(21)36)14-17-6-4-3-5-7-17)31-33(27(34)37)15-19-8-10-20(29)13-22(19)28/h3-8,10,13,16,18,21,23,26,31H,9,11-12,14-15H2,1-2H3,(H,30,35). The van der Waals surface area contributed by atoms with Crippen molar-refractivity contribution in [1.29, 1.82) is 0 Å². The van der Waals surface area contributed by atoms with Crippen molar-refractivity contribution in [2.75, 3.05) is 0 Å². The topological polar surface area (TPSA) is 85.0 Å². The van der Waals surface area contributed by atoms with Crippen molar-refractivity contribution in [3.63, 3.8) is 0 Å². The Morgan fingerprint density at radius 1 is 1.14 bits per heavy atom. The molecule has 0 aromatic heterocycles. The molecule has 1 aliphatic carbocycles. The molecule has 2 heterocycles. The molecular formula is C27H31ClFN5O3. The number of nitrogens with one attached hydrogen (secondary N) is 2. The van der Waals surface area contributed by atoms with Gasteiger partial charge in [0.15, 0.2) is 6.29 Å². The van der Waals surface area contributed by atoms with Gasteiger partial charge >= 0.3 is 6.03 Å². The number of hydrazine groups is 1. The molecule has 4 atom stereocenters. The maximum Gasteiger partial charge on any atom is 0.337 e. The molecule has 8 nitrogen and oxygen atoms in total. The number of carbonyl (C=O) groups is 3. The van der Waals surface area contributed by atoms with Gasteiger partial charge in [0.1, 0.15) is 5.82 Å². The number of nitrogens with zero attached hydrogens (tertiary/aromatic N) is 3. The second-order valence-electron chi connectivity index (χ2n) is 10.3. The van der Waals surface area contributed by atoms with Crippen molar-refractivity contribution in [2.45, 2.75) is 64.6 Å². The Morgan fingerprint density at radius 3 is 2.59 bits per heavy atom. The number of fused-ring (bicyclic) bond motifs is 3. The predicted octanol–water partition coefficient (Wildman–Crippen LogP) is 3.86. The minimum Gasteiger partial charge on any atom is -0.354 e. The number of hydrogen-bond acceptors (Lipinski definition) is 4. The van der Waals surface area contributed by atoms with Gasteiger partial charge in [-0.25, -0.2) is 9.18 Å². The van der Waals surface area contributed by atoms with Gasteiger partial charge in [-0.05, 0) is 56.4 Å². The van der Waals surface area contributed by atoms with Gasteiger partial charge in [0.2, 0.25) is 11.8 Å². The highest BCUT2D eigenvalue weighted by Crippen LogP contribution is 2.41. The van der Waals surface area contributed by atoms with Crippen molar-refractivity contribution in [2.24, 2.45) is 11.8 Å². The normalized spacial score (nSPS) is 25.4. The van der Waals surface area contributed by atoms with Gasteiger partial charge in [0.05, 0.1) is 12.5 Å². The van der Waals surface area contributed by atoms with E-state index in [2.05, 4.69) is 10.7 Å². The molecule has 0 radical (unpaired) electrons. The summed E-state index contributed by atoms with van der Waals surface area (Å²) >= 11 is 6.25. The summed E-state index contributed by atoms with van der Waals surface area (Å²) in [4.78, 5) is 43.8. The summed E-state index contributed by atoms with van der Waals surface area (Å²) in [5.41, 5.74) is 4.74. The summed E-state index contributed by atoms with van der Waals surface area (Å²) in [6.45, 7) is 4.27. The number of carbonyl (C=O) groups excluding carboxylic acids is 3. The fourth-order valence-corrected chi connectivity index (χ4v) is 5.87. The van der Waals surface area contributed by atoms with Crippen LogP contribution in [0.3, 0.4) is 0 Å². The Labute approximate surface area is 220 Å². The van der Waals surface area contributed by atoms with Gasteiger partial charge in [-0.3, -0.25) is 19.5 Å². The molecule has 10 heteroatoms. The fraction of sp³-hybridized carbons (Fsp3) is 0.444. The van der Waals surface area contributed by atoms with Crippen molar-refractivity contribution >= 4 is 29.4 Å². The number of halogens is 2. The molecule has 1 saturated carbocycles. The molecule has 2 aromatic carbocycles. The van der Waals surface area contributed by atoms with Gasteiger partial charge in [0.25, 0.3) is 0 Å². The van der Waals surface area contributed by atoms with Gasteiger partial charge in [-0.2, -0.15) is 5.43 Å². The van der Waals surface area contributed by atoms with E-state index in [1.165, 1.54) is 17.1 Å². The quantitative estimate of drug-likeness (QED) is 0.597. The van der Waals surface area contributed by atoms with Crippen LogP contribution in [0.2, 0.25) is 5.02 Å². The molecule has 3 fully saturated rings. The van der Waals surface area contributed by atoms with Crippen LogP contribution in [0, 0.1) is 17.7 Å². The first-order chi connectivity index (χ1) is 17.7. The molecule has 0 bridgehead atoms. The van der Waals surface area contributed by atoms with Crippen LogP contribution in [0.4, 0.5) is 9.18 Å². The second kappa shape index (κ2) is 10.3. The molecule has 5 rings (SSSR count). The molecular weight excluding hydrogens is 497 g/mol. The van der Waals surface area contributed by atoms with Crippen LogP contribution in [-0.2, 0) is 22.7 Å². The maximum atomic E-state index is 13.8. The molecule has 2 N–H and O–H groups in total. The molecule has 4 unspecified atom stereocenters. The Morgan fingerprint density at radius 2 is 1.89 bits per heavy atom. The molecule has 2 saturated heterocycles. The Bertz CT molecular complexity index is 1200. The SMILES string of the molecule is CC(C)NC(=O)C1CCC2C(=O)N(Cc3ccccc3)C3NN(Cc4ccc(F)cc4Cl)C(=O)N3C2C1. The lowest BCUT2D eigenvalue weighted by Gasteiger charge is -2.49. The third kappa shape index (κ3) is 5.02. The van der Waals surface area contributed by atoms with E-state index in [4.69, 9.17) is 11.6 Å². The summed E-state index contributed by atoms with van der Waals surface area (Å²) in [6.07, 6.45) is 0.848. The van der Waals surface area contributed by atoms with Gasteiger partial charge < -0.3 is 10.2 Å². The Balaban J connectivity index is 1.44. The third-order valence-electron chi connectivity index (χ3n) is 7.40. The van der Waals surface area contributed by atoms with Crippen molar-refractivity contribution < 1.29 is 18.8 Å². The second-order valence-corrected chi connectivity index (χ2v) is 10.7. The molecule has 2 aliphatic heterocycles. The van der Waals surface area contributed by atoms with Crippen molar-refractivity contribution in [3.05, 3.63) is 70.5 Å². The highest BCUT2D eigenvalue weighted by atomic mass is 35.5. The molecule has 0 spiro atoms. The number of amides is 4. The lowest BCUT2D eigenvalue weighted by Crippen LogP contribution is -2.66. The van der Waals surface area contributed by atoms with E-state index in [1.807, 2.05) is 44.2 Å². The van der Waals surface area contributed by atoms with E-state index in [9.17, 15) is 18.8 Å². The van der Waals surface area contributed by atoms with E-state index < -0.39 is 18.1 Å². The zero-order valence-corrected chi connectivity index (χ0v) is 21.6. The van der Waals surface area contributed by atoms with E-state index in [1.54, 1.807) is 15.9 Å². The fourth-order valence-electron chi connectivity index (χ4n) is 5.64. The van der Waals surface area contributed by atoms with Crippen molar-refractivity contribution in [1.82, 2.24) is 25.6 Å². The maximum absolute atomic E-state index is 13.8. The van der Waals surface area contributed by atoms with Gasteiger partial charge in [-0.15, -0.1) is 0 Å². The smallest absolute Gasteiger partial charge is 0.337 e. The summed E-state index contributed by atoms with van der Waals surface area (Å²) in [6, 6.07) is 13.0. The highest BCUT2D eigenvalue weighted by molar-refractivity contribution is 6.31. The lowest BCUT2D eigenvalue weighted by atomic mass is 9.75. The monoisotopic (exact) mass is 527 g/mol. The van der Waals surface area contributed by atoms with Crippen molar-refractivity contribution in [3.8, 4) is 0 Å². The average Bonchev–Trinajstić information content (AvgIpc) is 3.19. The lowest BCUT2D eigenvalue weighted by molar-refractivity contribution is -0.159. The van der Waals surface area contributed by atoms with E-state index >= 15 is 0 Å². The number of urea groups is 1. The predicted molar refractivity (Wildman–Crippen MR) is 136 cm³/mol. The average molecular weight is 528 g/mol. The summed E-state index contributed by atoms with van der Waals surface area (Å²) in [5, 5.41) is 4.62. The summed E-state index contributed by atoms with van der Waals surface area (Å²) < 4.78 is 13.6. The molecule has 196 valence electrons. The number of hydrogen-bond donors (Lipinski definition) is 2. The van der Waals surface area contributed by atoms with Gasteiger partial charge in [0, 0.05) is 29.6 Å². The van der Waals surface area contributed by atoms with Gasteiger partial charge in [-0.1, -0.05) is 48.0 Å². The zero-order valence-electron chi connectivity index (χ0n) is 20.9. The minimum absolute atomic E-state index is 0.0124. The third-order valence-corrected chi connectivity index (χ3v) is 7.75. The molecule has 37 heavy (non-hydrogen) atoms. The number of rotatable bonds is 6. The molecule has 2 aromatic rings. The molecule has 3 aliphatic rings. The largest absolute Gasteiger partial charge is 0.354 e. The first-order valence-electron chi connectivity index (χ1n) is 12.7.